The van der Waals surface area contributed by atoms with Crippen LogP contribution in [0.5, 0.6) is 0 Å². The van der Waals surface area contributed by atoms with E-state index in [9.17, 15) is 9.59 Å². The molecule has 27 heavy (non-hydrogen) atoms. The Morgan fingerprint density at radius 2 is 1.89 bits per heavy atom. The number of allylic oxidation sites excluding steroid dienone is 1. The molecule has 1 saturated heterocycles. The monoisotopic (exact) mass is 362 g/mol. The van der Waals surface area contributed by atoms with Crippen LogP contribution in [0.2, 0.25) is 0 Å². The highest BCUT2D eigenvalue weighted by Gasteiger charge is 2.53. The number of imide groups is 1. The van der Waals surface area contributed by atoms with Crippen molar-refractivity contribution >= 4 is 28.7 Å². The molecule has 0 aliphatic carbocycles. The van der Waals surface area contributed by atoms with Crippen molar-refractivity contribution in [1.82, 2.24) is 14.7 Å². The van der Waals surface area contributed by atoms with Gasteiger partial charge in [-0.05, 0) is 23.3 Å². The molecule has 0 radical (unpaired) electrons. The van der Waals surface area contributed by atoms with Gasteiger partial charge in [0.1, 0.15) is 5.76 Å². The SMILES string of the molecule is CC1=CN2C(=NC3C2C(=O)N(Cc2cccc4ccccc24)C(=O)N3C)O1. The smallest absolute Gasteiger partial charge is 0.328 e. The van der Waals surface area contributed by atoms with Crippen LogP contribution in [0, 0.1) is 0 Å². The Labute approximate surface area is 156 Å². The van der Waals surface area contributed by atoms with Gasteiger partial charge in [0, 0.05) is 13.2 Å². The summed E-state index contributed by atoms with van der Waals surface area (Å²) in [5.74, 6) is 0.421. The van der Waals surface area contributed by atoms with Crippen LogP contribution in [0.4, 0.5) is 4.79 Å². The third-order valence-corrected chi connectivity index (χ3v) is 5.28. The van der Waals surface area contributed by atoms with E-state index in [0.717, 1.165) is 16.3 Å². The summed E-state index contributed by atoms with van der Waals surface area (Å²) in [7, 11) is 1.67. The van der Waals surface area contributed by atoms with Crippen LogP contribution in [-0.4, -0.2) is 51.9 Å². The van der Waals surface area contributed by atoms with Crippen molar-refractivity contribution < 1.29 is 14.3 Å². The van der Waals surface area contributed by atoms with Gasteiger partial charge in [-0.25, -0.2) is 9.79 Å². The van der Waals surface area contributed by atoms with Crippen LogP contribution in [-0.2, 0) is 16.1 Å². The van der Waals surface area contributed by atoms with E-state index in [0.29, 0.717) is 11.8 Å². The molecule has 5 rings (SSSR count). The van der Waals surface area contributed by atoms with Crippen LogP contribution in [0.3, 0.4) is 0 Å². The number of rotatable bonds is 2. The molecule has 3 heterocycles. The quantitative estimate of drug-likeness (QED) is 0.823. The predicted molar refractivity (Wildman–Crippen MR) is 99.3 cm³/mol. The summed E-state index contributed by atoms with van der Waals surface area (Å²) in [6, 6.07) is 13.3. The fraction of sp³-hybridized carbons (Fsp3) is 0.250. The van der Waals surface area contributed by atoms with Crippen LogP contribution in [0.25, 0.3) is 10.8 Å². The Morgan fingerprint density at radius 1 is 1.11 bits per heavy atom. The average molecular weight is 362 g/mol. The minimum Gasteiger partial charge on any atom is -0.429 e. The number of fused-ring (bicyclic) bond motifs is 4. The van der Waals surface area contributed by atoms with E-state index in [1.807, 2.05) is 49.4 Å². The third kappa shape index (κ3) is 2.24. The molecule has 1 fully saturated rings. The molecule has 2 atom stereocenters. The van der Waals surface area contributed by atoms with E-state index >= 15 is 0 Å². The number of amidine groups is 1. The van der Waals surface area contributed by atoms with Gasteiger partial charge in [-0.1, -0.05) is 42.5 Å². The summed E-state index contributed by atoms with van der Waals surface area (Å²) < 4.78 is 5.55. The van der Waals surface area contributed by atoms with Gasteiger partial charge in [-0.3, -0.25) is 14.6 Å². The van der Waals surface area contributed by atoms with Gasteiger partial charge in [-0.2, -0.15) is 0 Å². The molecular weight excluding hydrogens is 344 g/mol. The van der Waals surface area contributed by atoms with Crippen LogP contribution < -0.4 is 0 Å². The zero-order valence-corrected chi connectivity index (χ0v) is 15.0. The fourth-order valence-corrected chi connectivity index (χ4v) is 3.94. The second kappa shape index (κ2) is 5.57. The predicted octanol–water partition coefficient (Wildman–Crippen LogP) is 2.49. The van der Waals surface area contributed by atoms with Crippen molar-refractivity contribution in [2.24, 2.45) is 4.99 Å². The number of benzene rings is 2. The van der Waals surface area contributed by atoms with E-state index in [-0.39, 0.29) is 18.5 Å². The van der Waals surface area contributed by atoms with Gasteiger partial charge >= 0.3 is 6.03 Å². The first kappa shape index (κ1) is 15.9. The summed E-state index contributed by atoms with van der Waals surface area (Å²) in [6.07, 6.45) is 1.20. The molecule has 7 heteroatoms. The summed E-state index contributed by atoms with van der Waals surface area (Å²) in [5, 5.41) is 2.12. The van der Waals surface area contributed by atoms with Crippen molar-refractivity contribution in [3.63, 3.8) is 0 Å². The maximum absolute atomic E-state index is 13.2. The molecule has 2 aromatic rings. The van der Waals surface area contributed by atoms with Crippen LogP contribution in [0.1, 0.15) is 12.5 Å². The lowest BCUT2D eigenvalue weighted by molar-refractivity contribution is -0.137. The molecule has 3 amide bonds. The maximum atomic E-state index is 13.2. The van der Waals surface area contributed by atoms with Crippen molar-refractivity contribution in [2.45, 2.75) is 25.7 Å². The fourth-order valence-electron chi connectivity index (χ4n) is 3.94. The van der Waals surface area contributed by atoms with Crippen molar-refractivity contribution in [3.8, 4) is 0 Å². The van der Waals surface area contributed by atoms with Gasteiger partial charge in [0.25, 0.3) is 11.9 Å². The largest absolute Gasteiger partial charge is 0.429 e. The third-order valence-electron chi connectivity index (χ3n) is 5.28. The number of amides is 3. The Balaban J connectivity index is 1.51. The molecule has 0 aromatic heterocycles. The highest BCUT2D eigenvalue weighted by molar-refractivity contribution is 6.04. The Morgan fingerprint density at radius 3 is 2.74 bits per heavy atom. The number of aliphatic imine (C=N–C) groups is 1. The first-order valence-corrected chi connectivity index (χ1v) is 8.82. The first-order chi connectivity index (χ1) is 13.0. The zero-order valence-electron chi connectivity index (χ0n) is 15.0. The minimum atomic E-state index is -0.588. The molecule has 0 spiro atoms. The number of hydrogen-bond donors (Lipinski definition) is 0. The molecule has 2 aromatic carbocycles. The molecule has 0 N–H and O–H groups in total. The number of nitrogens with zero attached hydrogens (tertiary/aromatic N) is 4. The Bertz CT molecular complexity index is 1040. The van der Waals surface area contributed by atoms with E-state index in [4.69, 9.17) is 4.74 Å². The van der Waals surface area contributed by atoms with Gasteiger partial charge in [0.2, 0.25) is 0 Å². The lowest BCUT2D eigenvalue weighted by atomic mass is 10.0. The molecular formula is C20H18N4O3. The average Bonchev–Trinajstić information content (AvgIpc) is 3.19. The molecule has 2 unspecified atom stereocenters. The Hall–Kier alpha value is -3.35. The molecule has 7 nitrogen and oxygen atoms in total. The summed E-state index contributed by atoms with van der Waals surface area (Å²) in [5.41, 5.74) is 0.935. The Kier molecular flexibility index (Phi) is 3.28. The number of urea groups is 1. The second-order valence-corrected chi connectivity index (χ2v) is 6.98. The molecule has 3 aliphatic rings. The molecule has 3 aliphatic heterocycles. The second-order valence-electron chi connectivity index (χ2n) is 6.98. The highest BCUT2D eigenvalue weighted by Crippen LogP contribution is 2.33. The zero-order chi connectivity index (χ0) is 18.7. The van der Waals surface area contributed by atoms with E-state index < -0.39 is 12.2 Å². The van der Waals surface area contributed by atoms with E-state index in [1.54, 1.807) is 18.1 Å². The molecule has 136 valence electrons. The standard InChI is InChI=1S/C20H18N4O3/c1-12-10-23-16-17(21-19(23)27-12)22(2)20(26)24(18(16)25)11-14-8-5-7-13-6-3-4-9-15(13)14/h3-10,16-17H,11H2,1-2H3. The van der Waals surface area contributed by atoms with E-state index in [1.165, 1.54) is 9.80 Å². The van der Waals surface area contributed by atoms with Crippen LogP contribution >= 0.6 is 0 Å². The van der Waals surface area contributed by atoms with Crippen molar-refractivity contribution in [3.05, 3.63) is 60.0 Å². The first-order valence-electron chi connectivity index (χ1n) is 8.82. The highest BCUT2D eigenvalue weighted by atomic mass is 16.5. The normalized spacial score (nSPS) is 24.0. The van der Waals surface area contributed by atoms with Crippen molar-refractivity contribution in [1.29, 1.82) is 0 Å². The van der Waals surface area contributed by atoms with Gasteiger partial charge in [0.05, 0.1) is 6.54 Å². The van der Waals surface area contributed by atoms with Crippen molar-refractivity contribution in [2.75, 3.05) is 7.05 Å². The summed E-state index contributed by atoms with van der Waals surface area (Å²) >= 11 is 0. The molecule has 0 bridgehead atoms. The summed E-state index contributed by atoms with van der Waals surface area (Å²) in [4.78, 5) is 35.1. The van der Waals surface area contributed by atoms with E-state index in [2.05, 4.69) is 4.99 Å². The maximum Gasteiger partial charge on any atom is 0.328 e. The number of likely N-dealkylation sites (N-methyl/N-ethyl adjacent to an activating group) is 1. The number of carbonyl (C=O) groups excluding carboxylic acids is 2. The topological polar surface area (TPSA) is 65.5 Å². The number of hydrogen-bond acceptors (Lipinski definition) is 5. The van der Waals surface area contributed by atoms with Gasteiger partial charge in [-0.15, -0.1) is 0 Å². The minimum absolute atomic E-state index is 0.222. The summed E-state index contributed by atoms with van der Waals surface area (Å²) in [6.45, 7) is 2.03. The number of ether oxygens (including phenoxy) is 1. The lowest BCUT2D eigenvalue weighted by Gasteiger charge is -2.39. The van der Waals surface area contributed by atoms with Gasteiger partial charge < -0.3 is 9.64 Å². The van der Waals surface area contributed by atoms with Gasteiger partial charge in [0.15, 0.2) is 12.2 Å². The molecule has 0 saturated carbocycles. The lowest BCUT2D eigenvalue weighted by Crippen LogP contribution is -2.63. The van der Waals surface area contributed by atoms with Crippen LogP contribution in [0.15, 0.2) is 59.4 Å². The number of carbonyl (C=O) groups is 2.